The highest BCUT2D eigenvalue weighted by Gasteiger charge is 2.24. The van der Waals surface area contributed by atoms with Gasteiger partial charge in [-0.05, 0) is 54.0 Å². The molecule has 0 spiro atoms. The summed E-state index contributed by atoms with van der Waals surface area (Å²) in [6.45, 7) is 1.74. The molecule has 14 heteroatoms. The van der Waals surface area contributed by atoms with Crippen molar-refractivity contribution in [3.05, 3.63) is 176 Å². The molecular weight excluding hydrogens is 722 g/mol. The number of aliphatic hydroxyl groups is 1. The number of aryl methyl sites for hydroxylation is 1. The first-order chi connectivity index (χ1) is 27.1. The molecule has 1 aliphatic rings. The smallest absolute Gasteiger partial charge is 0.507 e. The molecule has 56 heavy (non-hydrogen) atoms. The number of carbonyl (C=O) groups excluding carboxylic acids is 3. The van der Waals surface area contributed by atoms with Crippen LogP contribution in [0.5, 0.6) is 11.5 Å². The molecule has 0 unspecified atom stereocenters. The minimum atomic E-state index is -1.01. The second-order valence-corrected chi connectivity index (χ2v) is 12.6. The van der Waals surface area contributed by atoms with Gasteiger partial charge < -0.3 is 34.1 Å². The van der Waals surface area contributed by atoms with Gasteiger partial charge in [0.2, 0.25) is 5.78 Å². The van der Waals surface area contributed by atoms with E-state index in [1.54, 1.807) is 49.4 Å². The van der Waals surface area contributed by atoms with Crippen LogP contribution in [0.15, 0.2) is 137 Å². The number of ketones is 1. The third kappa shape index (κ3) is 10.7. The number of H-pyrrole nitrogens is 1. The lowest BCUT2D eigenvalue weighted by Gasteiger charge is -2.16. The number of anilines is 1. The number of benzene rings is 4. The Labute approximate surface area is 320 Å². The van der Waals surface area contributed by atoms with Crippen molar-refractivity contribution < 1.29 is 43.2 Å². The van der Waals surface area contributed by atoms with Crippen molar-refractivity contribution in [3.8, 4) is 11.5 Å². The van der Waals surface area contributed by atoms with E-state index in [-0.39, 0.29) is 37.7 Å². The van der Waals surface area contributed by atoms with Crippen LogP contribution in [0.25, 0.3) is 5.76 Å². The molecule has 0 saturated heterocycles. The number of amides is 1. The molecule has 2 heterocycles. The summed E-state index contributed by atoms with van der Waals surface area (Å²) in [7, 11) is 0. The monoisotopic (exact) mass is 759 g/mol. The highest BCUT2D eigenvalue weighted by atomic mass is 16.7. The number of carbonyl (C=O) groups is 3. The Morgan fingerprint density at radius 2 is 1.41 bits per heavy atom. The second kappa shape index (κ2) is 18.2. The Morgan fingerprint density at radius 1 is 0.804 bits per heavy atom. The molecule has 1 amide bonds. The normalized spacial score (nSPS) is 14.8. The Morgan fingerprint density at radius 3 is 2.04 bits per heavy atom. The van der Waals surface area contributed by atoms with E-state index in [0.29, 0.717) is 22.6 Å². The van der Waals surface area contributed by atoms with E-state index in [1.165, 1.54) is 22.9 Å². The number of aromatic amines is 1. The maximum absolute atomic E-state index is 12.8. The van der Waals surface area contributed by atoms with Gasteiger partial charge in [0.05, 0.1) is 0 Å². The predicted molar refractivity (Wildman–Crippen MR) is 204 cm³/mol. The largest absolute Gasteiger partial charge is 0.508 e. The SMILES string of the molecule is Cc1cn([C@H]2C=C[C@@H](COC(=O)OCc3ccc(NC(=O)C(=O)C=C(O)c4cc(OCc5ccccc5)cc(OCc5ccccc5)c4)cc3)O2)c(=O)[nH]c1=O. The molecule has 6 rings (SSSR count). The van der Waals surface area contributed by atoms with Crippen LogP contribution >= 0.6 is 0 Å². The quantitative estimate of drug-likeness (QED) is 0.0379. The molecule has 0 fully saturated rings. The summed E-state index contributed by atoms with van der Waals surface area (Å²) >= 11 is 0. The molecular formula is C42H37N3O11. The second-order valence-electron chi connectivity index (χ2n) is 12.6. The van der Waals surface area contributed by atoms with Crippen molar-refractivity contribution in [2.24, 2.45) is 0 Å². The lowest BCUT2D eigenvalue weighted by molar-refractivity contribution is -0.131. The fourth-order valence-electron chi connectivity index (χ4n) is 5.37. The molecule has 0 bridgehead atoms. The molecule has 0 radical (unpaired) electrons. The Kier molecular flexibility index (Phi) is 12.5. The first kappa shape index (κ1) is 38.5. The first-order valence-corrected chi connectivity index (χ1v) is 17.4. The van der Waals surface area contributed by atoms with Gasteiger partial charge in [-0.15, -0.1) is 0 Å². The number of hydrogen-bond donors (Lipinski definition) is 3. The zero-order chi connectivity index (χ0) is 39.4. The highest BCUT2D eigenvalue weighted by molar-refractivity contribution is 6.45. The van der Waals surface area contributed by atoms with Crippen LogP contribution < -0.4 is 26.0 Å². The average molecular weight is 760 g/mol. The van der Waals surface area contributed by atoms with Crippen LogP contribution in [0.3, 0.4) is 0 Å². The molecule has 286 valence electrons. The van der Waals surface area contributed by atoms with Gasteiger partial charge >= 0.3 is 11.8 Å². The number of aliphatic hydroxyl groups excluding tert-OH is 1. The molecule has 4 aromatic carbocycles. The summed E-state index contributed by atoms with van der Waals surface area (Å²) in [6.07, 6.45) is 3.05. The lowest BCUT2D eigenvalue weighted by Crippen LogP contribution is -2.33. The van der Waals surface area contributed by atoms with Crippen molar-refractivity contribution in [1.29, 1.82) is 0 Å². The van der Waals surface area contributed by atoms with Crippen LogP contribution in [0.4, 0.5) is 10.5 Å². The zero-order valence-corrected chi connectivity index (χ0v) is 30.1. The van der Waals surface area contributed by atoms with E-state index in [4.69, 9.17) is 23.7 Å². The summed E-state index contributed by atoms with van der Waals surface area (Å²) < 4.78 is 29.1. The van der Waals surface area contributed by atoms with Crippen molar-refractivity contribution >= 4 is 29.3 Å². The minimum absolute atomic E-state index is 0.149. The van der Waals surface area contributed by atoms with Gasteiger partial charge in [0.1, 0.15) is 49.8 Å². The van der Waals surface area contributed by atoms with Gasteiger partial charge in [0.25, 0.3) is 11.5 Å². The third-order valence-electron chi connectivity index (χ3n) is 8.32. The number of ether oxygens (including phenoxy) is 5. The maximum atomic E-state index is 12.8. The molecule has 0 aliphatic carbocycles. The van der Waals surface area contributed by atoms with Gasteiger partial charge in [-0.3, -0.25) is 23.9 Å². The Bertz CT molecular complexity index is 2290. The van der Waals surface area contributed by atoms with Gasteiger partial charge in [-0.25, -0.2) is 9.59 Å². The summed E-state index contributed by atoms with van der Waals surface area (Å²) in [6, 6.07) is 30.0. The molecule has 3 N–H and O–H groups in total. The van der Waals surface area contributed by atoms with Crippen LogP contribution in [0.1, 0.15) is 34.0 Å². The fraction of sp³-hybridized carbons (Fsp3) is 0.167. The number of rotatable bonds is 15. The third-order valence-corrected chi connectivity index (χ3v) is 8.32. The standard InChI is InChI=1S/C42H37N3O11/c1-27-22-45(41(50)44-39(27)48)38-17-16-33(56-38)26-55-42(51)54-25-30-12-14-32(15-13-30)43-40(49)37(47)21-36(46)31-18-34(52-23-28-8-4-2-5-9-28)20-35(19-31)53-24-29-10-6-3-7-11-29/h2-22,33,38,46H,23-26H2,1H3,(H,43,49)(H,44,48,50)/t33-,38+/m0/s1. The average Bonchev–Trinajstić information content (AvgIpc) is 3.69. The Balaban J connectivity index is 0.990. The van der Waals surface area contributed by atoms with Gasteiger partial charge in [0, 0.05) is 35.2 Å². The first-order valence-electron chi connectivity index (χ1n) is 17.4. The van der Waals surface area contributed by atoms with E-state index in [1.807, 2.05) is 60.7 Å². The van der Waals surface area contributed by atoms with Crippen LogP contribution in [-0.2, 0) is 43.6 Å². The predicted octanol–water partition coefficient (Wildman–Crippen LogP) is 5.92. The summed E-state index contributed by atoms with van der Waals surface area (Å²) in [4.78, 5) is 63.7. The molecule has 0 saturated carbocycles. The highest BCUT2D eigenvalue weighted by Crippen LogP contribution is 2.28. The van der Waals surface area contributed by atoms with Crippen LogP contribution in [0, 0.1) is 6.92 Å². The zero-order valence-electron chi connectivity index (χ0n) is 30.1. The van der Waals surface area contributed by atoms with Crippen molar-refractivity contribution in [3.63, 3.8) is 0 Å². The molecule has 2 atom stereocenters. The van der Waals surface area contributed by atoms with Crippen molar-refractivity contribution in [2.45, 2.75) is 39.1 Å². The number of hydrogen-bond acceptors (Lipinski definition) is 11. The number of aromatic nitrogens is 2. The topological polar surface area (TPSA) is 184 Å². The summed E-state index contributed by atoms with van der Waals surface area (Å²) in [5.41, 5.74) is 2.13. The summed E-state index contributed by atoms with van der Waals surface area (Å²) in [5, 5.41) is 13.4. The van der Waals surface area contributed by atoms with Crippen molar-refractivity contribution in [1.82, 2.24) is 9.55 Å². The van der Waals surface area contributed by atoms with Crippen molar-refractivity contribution in [2.75, 3.05) is 11.9 Å². The molecule has 1 aliphatic heterocycles. The summed E-state index contributed by atoms with van der Waals surface area (Å²) in [5.74, 6) is -1.69. The van der Waals surface area contributed by atoms with Crippen LogP contribution in [-0.4, -0.2) is 45.2 Å². The molecule has 5 aromatic rings. The number of nitrogens with zero attached hydrogens (tertiary/aromatic N) is 1. The van der Waals surface area contributed by atoms with E-state index in [2.05, 4.69) is 10.3 Å². The lowest BCUT2D eigenvalue weighted by atomic mass is 10.1. The maximum Gasteiger partial charge on any atom is 0.508 e. The van der Waals surface area contributed by atoms with Gasteiger partial charge in [0.15, 0.2) is 6.23 Å². The number of nitrogens with one attached hydrogen (secondary N) is 2. The minimum Gasteiger partial charge on any atom is -0.507 e. The molecule has 14 nitrogen and oxygen atoms in total. The fourth-order valence-corrected chi connectivity index (χ4v) is 5.37. The van der Waals surface area contributed by atoms with Crippen LogP contribution in [0.2, 0.25) is 0 Å². The van der Waals surface area contributed by atoms with E-state index in [0.717, 1.165) is 17.2 Å². The van der Waals surface area contributed by atoms with E-state index < -0.39 is 47.2 Å². The van der Waals surface area contributed by atoms with E-state index in [9.17, 15) is 29.1 Å². The van der Waals surface area contributed by atoms with Gasteiger partial charge in [-0.1, -0.05) is 78.9 Å². The Hall–Kier alpha value is -7.19. The van der Waals surface area contributed by atoms with Gasteiger partial charge in [-0.2, -0.15) is 0 Å². The van der Waals surface area contributed by atoms with E-state index >= 15 is 0 Å². The molecule has 1 aromatic heterocycles.